The maximum atomic E-state index is 12.4. The zero-order chi connectivity index (χ0) is 24.0. The van der Waals surface area contributed by atoms with Crippen molar-refractivity contribution in [2.45, 2.75) is 19.6 Å². The summed E-state index contributed by atoms with van der Waals surface area (Å²) < 4.78 is 52.3. The highest BCUT2D eigenvalue weighted by atomic mass is 19.4. The summed E-state index contributed by atoms with van der Waals surface area (Å²) in [6, 6.07) is 20.1. The van der Waals surface area contributed by atoms with Gasteiger partial charge in [-0.2, -0.15) is 5.10 Å². The minimum absolute atomic E-state index is 0.0213. The van der Waals surface area contributed by atoms with Crippen molar-refractivity contribution in [1.82, 2.24) is 10.2 Å². The number of H-pyrrole nitrogens is 1. The third kappa shape index (κ3) is 6.48. The van der Waals surface area contributed by atoms with Crippen molar-refractivity contribution < 1.29 is 32.2 Å². The van der Waals surface area contributed by atoms with E-state index in [0.29, 0.717) is 34.6 Å². The number of benzene rings is 3. The van der Waals surface area contributed by atoms with Crippen LogP contribution in [0.2, 0.25) is 0 Å². The molecule has 7 nitrogen and oxygen atoms in total. The van der Waals surface area contributed by atoms with Gasteiger partial charge in [0.1, 0.15) is 24.7 Å². The summed E-state index contributed by atoms with van der Waals surface area (Å²) >= 11 is 0. The number of fused-ring (bicyclic) bond motifs is 1. The number of aromatic amines is 1. The highest BCUT2D eigenvalue weighted by Gasteiger charge is 2.31. The molecule has 10 heteroatoms. The van der Waals surface area contributed by atoms with E-state index >= 15 is 0 Å². The minimum atomic E-state index is -4.76. The molecule has 3 aromatic carbocycles. The van der Waals surface area contributed by atoms with Crippen LogP contribution in [0, 0.1) is 0 Å². The Balaban J connectivity index is 1.35. The monoisotopic (exact) mass is 471 g/mol. The van der Waals surface area contributed by atoms with Crippen LogP contribution in [0.5, 0.6) is 11.5 Å². The van der Waals surface area contributed by atoms with Gasteiger partial charge >= 0.3 is 6.36 Å². The molecule has 0 spiro atoms. The van der Waals surface area contributed by atoms with E-state index in [-0.39, 0.29) is 24.9 Å². The molecule has 0 saturated carbocycles. The molecule has 1 amide bonds. The molecule has 0 radical (unpaired) electrons. The molecular weight excluding hydrogens is 451 g/mol. The van der Waals surface area contributed by atoms with E-state index in [9.17, 15) is 18.0 Å². The smallest absolute Gasteiger partial charge is 0.489 e. The third-order valence-electron chi connectivity index (χ3n) is 4.67. The van der Waals surface area contributed by atoms with E-state index in [2.05, 4.69) is 20.3 Å². The molecule has 34 heavy (non-hydrogen) atoms. The zero-order valence-electron chi connectivity index (χ0n) is 17.8. The Morgan fingerprint density at radius 3 is 2.50 bits per heavy atom. The summed E-state index contributed by atoms with van der Waals surface area (Å²) in [7, 11) is 0. The van der Waals surface area contributed by atoms with Gasteiger partial charge in [-0.25, -0.2) is 0 Å². The molecule has 0 fully saturated rings. The van der Waals surface area contributed by atoms with Crippen LogP contribution in [0.1, 0.15) is 11.1 Å². The van der Waals surface area contributed by atoms with Crippen LogP contribution >= 0.6 is 0 Å². The van der Waals surface area contributed by atoms with Crippen LogP contribution in [0.25, 0.3) is 10.9 Å². The number of aromatic nitrogens is 2. The van der Waals surface area contributed by atoms with E-state index in [0.717, 1.165) is 5.56 Å². The normalized spacial score (nSPS) is 11.4. The molecule has 4 rings (SSSR count). The lowest BCUT2D eigenvalue weighted by Crippen LogP contribution is -2.18. The summed E-state index contributed by atoms with van der Waals surface area (Å²) in [5, 5.41) is 10.2. The number of carbonyl (C=O) groups excluding carboxylic acids is 1. The second-order valence-corrected chi connectivity index (χ2v) is 7.29. The van der Waals surface area contributed by atoms with Crippen molar-refractivity contribution in [3.63, 3.8) is 0 Å². The molecule has 1 aromatic heterocycles. The molecule has 0 saturated heterocycles. The Morgan fingerprint density at radius 2 is 1.71 bits per heavy atom. The summed E-state index contributed by atoms with van der Waals surface area (Å²) in [6.07, 6.45) is -4.76. The van der Waals surface area contributed by atoms with Gasteiger partial charge in [0, 0.05) is 5.39 Å². The van der Waals surface area contributed by atoms with Crippen molar-refractivity contribution in [2.75, 3.05) is 11.9 Å². The largest absolute Gasteiger partial charge is 0.573 e. The number of amides is 1. The first-order chi connectivity index (χ1) is 16.4. The molecule has 0 unspecified atom stereocenters. The number of rotatable bonds is 9. The summed E-state index contributed by atoms with van der Waals surface area (Å²) in [5.41, 5.74) is 2.13. The average molecular weight is 471 g/mol. The van der Waals surface area contributed by atoms with Crippen molar-refractivity contribution in [1.29, 1.82) is 0 Å². The van der Waals surface area contributed by atoms with E-state index in [1.165, 1.54) is 18.2 Å². The predicted molar refractivity (Wildman–Crippen MR) is 118 cm³/mol. The standard InChI is InChI=1S/C24H20F3N3O4/c25-24(26,27)34-19-8-4-7-17(11-19)14-33-18-9-10-21-20(12-18)23(30-29-21)28-22(31)15-32-13-16-5-2-1-3-6-16/h1-12H,13-15H2,(H2,28,29,30,31). The SMILES string of the molecule is O=C(COCc1ccccc1)Nc1n[nH]c2ccc(OCc3cccc(OC(F)(F)F)c3)cc12. The molecule has 0 aliphatic carbocycles. The van der Waals surface area contributed by atoms with Gasteiger partial charge in [0.05, 0.1) is 12.1 Å². The van der Waals surface area contributed by atoms with Crippen LogP contribution in [-0.2, 0) is 22.7 Å². The van der Waals surface area contributed by atoms with Gasteiger partial charge in [-0.3, -0.25) is 9.89 Å². The Morgan fingerprint density at radius 1 is 0.912 bits per heavy atom. The van der Waals surface area contributed by atoms with Gasteiger partial charge in [0.15, 0.2) is 5.82 Å². The number of nitrogens with one attached hydrogen (secondary N) is 2. The highest BCUT2D eigenvalue weighted by Crippen LogP contribution is 2.27. The lowest BCUT2D eigenvalue weighted by molar-refractivity contribution is -0.274. The molecule has 0 atom stereocenters. The first kappa shape index (κ1) is 23.1. The molecule has 2 N–H and O–H groups in total. The van der Waals surface area contributed by atoms with Crippen molar-refractivity contribution in [2.24, 2.45) is 0 Å². The number of hydrogen-bond acceptors (Lipinski definition) is 5. The fraction of sp³-hybridized carbons (Fsp3) is 0.167. The van der Waals surface area contributed by atoms with Crippen molar-refractivity contribution >= 4 is 22.6 Å². The Bertz CT molecular complexity index is 1260. The average Bonchev–Trinajstić information content (AvgIpc) is 3.19. The molecule has 0 aliphatic rings. The van der Waals surface area contributed by atoms with Gasteiger partial charge in [-0.1, -0.05) is 42.5 Å². The van der Waals surface area contributed by atoms with E-state index < -0.39 is 6.36 Å². The number of halogens is 3. The van der Waals surface area contributed by atoms with Gasteiger partial charge < -0.3 is 19.5 Å². The van der Waals surface area contributed by atoms with Crippen LogP contribution in [0.4, 0.5) is 19.0 Å². The fourth-order valence-corrected chi connectivity index (χ4v) is 3.18. The maximum absolute atomic E-state index is 12.4. The molecule has 1 heterocycles. The second-order valence-electron chi connectivity index (χ2n) is 7.29. The molecule has 0 aliphatic heterocycles. The highest BCUT2D eigenvalue weighted by molar-refractivity contribution is 6.00. The van der Waals surface area contributed by atoms with Crippen LogP contribution in [0.15, 0.2) is 72.8 Å². The Labute approximate surface area is 192 Å². The lowest BCUT2D eigenvalue weighted by Gasteiger charge is -2.11. The maximum Gasteiger partial charge on any atom is 0.573 e. The van der Waals surface area contributed by atoms with Gasteiger partial charge in [0.2, 0.25) is 0 Å². The number of ether oxygens (including phenoxy) is 3. The Hall–Kier alpha value is -4.05. The van der Waals surface area contributed by atoms with Gasteiger partial charge in [0.25, 0.3) is 5.91 Å². The predicted octanol–water partition coefficient (Wildman–Crippen LogP) is 5.20. The van der Waals surface area contributed by atoms with E-state index in [4.69, 9.17) is 9.47 Å². The topological polar surface area (TPSA) is 85.5 Å². The molecule has 0 bridgehead atoms. The number of alkyl halides is 3. The lowest BCUT2D eigenvalue weighted by atomic mass is 10.2. The fourth-order valence-electron chi connectivity index (χ4n) is 3.18. The van der Waals surface area contributed by atoms with Crippen LogP contribution in [-0.4, -0.2) is 29.1 Å². The summed E-state index contributed by atoms with van der Waals surface area (Å²) in [6.45, 7) is 0.186. The second kappa shape index (κ2) is 10.3. The number of nitrogens with zero attached hydrogens (tertiary/aromatic N) is 1. The first-order valence-electron chi connectivity index (χ1n) is 10.2. The molecule has 176 valence electrons. The zero-order valence-corrected chi connectivity index (χ0v) is 17.8. The van der Waals surface area contributed by atoms with Gasteiger partial charge in [-0.15, -0.1) is 13.2 Å². The van der Waals surface area contributed by atoms with Crippen LogP contribution in [0.3, 0.4) is 0 Å². The number of hydrogen-bond donors (Lipinski definition) is 2. The van der Waals surface area contributed by atoms with E-state index in [1.54, 1.807) is 24.3 Å². The summed E-state index contributed by atoms with van der Waals surface area (Å²) in [5.74, 6) is 0.0803. The summed E-state index contributed by atoms with van der Waals surface area (Å²) in [4.78, 5) is 12.3. The minimum Gasteiger partial charge on any atom is -0.489 e. The third-order valence-corrected chi connectivity index (χ3v) is 4.67. The number of carbonyl (C=O) groups is 1. The quantitative estimate of drug-likeness (QED) is 0.351. The van der Waals surface area contributed by atoms with Crippen molar-refractivity contribution in [3.8, 4) is 11.5 Å². The van der Waals surface area contributed by atoms with E-state index in [1.807, 2.05) is 30.3 Å². The van der Waals surface area contributed by atoms with Gasteiger partial charge in [-0.05, 0) is 41.5 Å². The van der Waals surface area contributed by atoms with Crippen LogP contribution < -0.4 is 14.8 Å². The van der Waals surface area contributed by atoms with Crippen molar-refractivity contribution in [3.05, 3.63) is 83.9 Å². The number of anilines is 1. The molecule has 4 aromatic rings. The first-order valence-corrected chi connectivity index (χ1v) is 10.2. The Kier molecular flexibility index (Phi) is 6.98. The molecular formula is C24H20F3N3O4.